The summed E-state index contributed by atoms with van der Waals surface area (Å²) in [5.74, 6) is 0. The van der Waals surface area contributed by atoms with E-state index in [0.717, 1.165) is 0 Å². The topological polar surface area (TPSA) is 31.5 Å². The summed E-state index contributed by atoms with van der Waals surface area (Å²) >= 11 is 0. The fourth-order valence-corrected chi connectivity index (χ4v) is 0. The second kappa shape index (κ2) is 31.3. The van der Waals surface area contributed by atoms with Crippen LogP contribution in [0.4, 0.5) is 0 Å². The molecule has 0 aliphatic heterocycles. The zero-order valence-corrected chi connectivity index (χ0v) is 10.3. The largest absolute Gasteiger partial charge is 0 e. The van der Waals surface area contributed by atoms with Crippen molar-refractivity contribution in [2.75, 3.05) is 0 Å². The third-order valence-electron chi connectivity index (χ3n) is 0. The van der Waals surface area contributed by atoms with Gasteiger partial charge in [-0.25, -0.2) is 0 Å². The maximum absolute atomic E-state index is 0. The fraction of sp³-hybridized carbons (Fsp3) is 0. The average Bonchev–Trinajstić information content (AvgIpc) is 0. The normalized spacial score (nSPS) is 0. The first-order valence-corrected chi connectivity index (χ1v) is 0. The molecule has 0 saturated heterocycles. The molecule has 0 aliphatic rings. The Kier molecular flexibility index (Phi) is 315. The molecule has 0 aromatic rings. The van der Waals surface area contributed by atoms with Crippen molar-refractivity contribution in [2.24, 2.45) is 0 Å². The summed E-state index contributed by atoms with van der Waals surface area (Å²) in [6.07, 6.45) is 0. The van der Waals surface area contributed by atoms with Gasteiger partial charge >= 0.3 is 24.4 Å². The molecule has 0 atom stereocenters. The molecule has 1 nitrogen and oxygen atoms in total. The molecule has 0 heterocycles. The van der Waals surface area contributed by atoms with Crippen molar-refractivity contribution in [3.63, 3.8) is 0 Å². The van der Waals surface area contributed by atoms with Crippen LogP contribution in [0.5, 0.6) is 0 Å². The first-order valence-electron chi connectivity index (χ1n) is 0. The van der Waals surface area contributed by atoms with Gasteiger partial charge in [-0.15, -0.1) is 0 Å². The van der Waals surface area contributed by atoms with E-state index in [0.29, 0.717) is 0 Å². The van der Waals surface area contributed by atoms with Gasteiger partial charge in [0.15, 0.2) is 0 Å². The van der Waals surface area contributed by atoms with E-state index >= 15 is 0 Å². The van der Waals surface area contributed by atoms with Crippen LogP contribution in [0.1, 0.15) is 0 Å². The van der Waals surface area contributed by atoms with Crippen LogP contribution in [0.2, 0.25) is 0 Å². The molecular formula is H5CrNiOSbTi. The van der Waals surface area contributed by atoms with Gasteiger partial charge in [0.25, 0.3) is 0 Å². The summed E-state index contributed by atoms with van der Waals surface area (Å²) in [5, 5.41) is 0. The van der Waals surface area contributed by atoms with Crippen molar-refractivity contribution in [1.29, 1.82) is 0 Å². The molecule has 0 saturated carbocycles. The predicted molar refractivity (Wildman–Crippen MR) is 13.6 cm³/mol. The number of hydrogen-bond donors (Lipinski definition) is 0. The Bertz CT molecular complexity index is 11.6. The molecular weight excluding hydrogens is 296 g/mol. The molecule has 0 aromatic carbocycles. The molecule has 0 amide bonds. The number of hydrogen-bond acceptors (Lipinski definition) is 0. The SMILES string of the molecule is O.[Cr].[Ni].[SbH3].[Ti]. The fourth-order valence-electron chi connectivity index (χ4n) is 0. The van der Waals surface area contributed by atoms with Crippen LogP contribution in [0.3, 0.4) is 0 Å². The van der Waals surface area contributed by atoms with Crippen LogP contribution in [0, 0.1) is 0 Å². The molecule has 0 unspecified atom stereocenters. The summed E-state index contributed by atoms with van der Waals surface area (Å²) < 4.78 is 0. The van der Waals surface area contributed by atoms with E-state index in [4.69, 9.17) is 0 Å². The quantitative estimate of drug-likeness (QED) is 0.463. The molecule has 0 bridgehead atoms. The van der Waals surface area contributed by atoms with Gasteiger partial charge in [-0.2, -0.15) is 0 Å². The van der Waals surface area contributed by atoms with E-state index in [9.17, 15) is 0 Å². The maximum Gasteiger partial charge on any atom is 0 e. The Morgan fingerprint density at radius 3 is 1.00 bits per heavy atom. The van der Waals surface area contributed by atoms with Crippen molar-refractivity contribution in [3.8, 4) is 0 Å². The molecule has 2 N–H and O–H groups in total. The zero-order chi connectivity index (χ0) is 0. The first-order chi connectivity index (χ1) is 0. The Balaban J connectivity index is 0. The standard InChI is InChI=1S/Cr.Ni.H2O.Sb.Ti.3H/h;;1H2;;;;;. The Hall–Kier alpha value is 2.52. The van der Waals surface area contributed by atoms with Gasteiger partial charge in [0.05, 0.1) is 0 Å². The molecule has 0 radical (unpaired) electrons. The minimum absolute atomic E-state index is 0. The van der Waals surface area contributed by atoms with Crippen LogP contribution in [0.15, 0.2) is 0 Å². The van der Waals surface area contributed by atoms with Crippen molar-refractivity contribution in [1.82, 2.24) is 0 Å². The minimum atomic E-state index is 0. The van der Waals surface area contributed by atoms with E-state index in [1.165, 1.54) is 0 Å². The molecule has 5 heteroatoms. The van der Waals surface area contributed by atoms with Crippen molar-refractivity contribution < 1.29 is 61.0 Å². The Labute approximate surface area is 84.3 Å². The number of rotatable bonds is 0. The summed E-state index contributed by atoms with van der Waals surface area (Å²) in [6.45, 7) is 0. The summed E-state index contributed by atoms with van der Waals surface area (Å²) in [4.78, 5) is 0. The average molecular weight is 301 g/mol. The molecule has 0 spiro atoms. The second-order valence-corrected chi connectivity index (χ2v) is 0. The van der Waals surface area contributed by atoms with Gasteiger partial charge in [-0.1, -0.05) is 0 Å². The van der Waals surface area contributed by atoms with Crippen LogP contribution < -0.4 is 0 Å². The summed E-state index contributed by atoms with van der Waals surface area (Å²) in [6, 6.07) is 0. The van der Waals surface area contributed by atoms with Gasteiger partial charge in [0.2, 0.25) is 0 Å². The molecule has 0 aromatic heterocycles. The van der Waals surface area contributed by atoms with Crippen LogP contribution in [-0.4, -0.2) is 29.9 Å². The second-order valence-electron chi connectivity index (χ2n) is 0. The van der Waals surface area contributed by atoms with E-state index in [1.807, 2.05) is 0 Å². The zero-order valence-electron chi connectivity index (χ0n) is 2.43. The minimum Gasteiger partial charge on any atom is 0 e. The summed E-state index contributed by atoms with van der Waals surface area (Å²) in [5.41, 5.74) is 0. The maximum atomic E-state index is 0. The monoisotopic (exact) mass is 300 g/mol. The van der Waals surface area contributed by atoms with Gasteiger partial charge in [-0.05, 0) is 0 Å². The van der Waals surface area contributed by atoms with Gasteiger partial charge in [0, 0.05) is 55.6 Å². The molecule has 36 valence electrons. The van der Waals surface area contributed by atoms with Crippen molar-refractivity contribution in [3.05, 3.63) is 0 Å². The smallest absolute Gasteiger partial charge is 0 e. The molecule has 0 rings (SSSR count). The van der Waals surface area contributed by atoms with Gasteiger partial charge in [-0.3, -0.25) is 0 Å². The third-order valence-corrected chi connectivity index (χ3v) is 0. The van der Waals surface area contributed by atoms with E-state index in [2.05, 4.69) is 0 Å². The molecule has 5 heavy (non-hydrogen) atoms. The van der Waals surface area contributed by atoms with Crippen LogP contribution in [-0.2, 0) is 55.6 Å². The van der Waals surface area contributed by atoms with E-state index in [1.54, 1.807) is 0 Å². The van der Waals surface area contributed by atoms with Crippen molar-refractivity contribution >= 4 is 24.4 Å². The van der Waals surface area contributed by atoms with Gasteiger partial charge < -0.3 is 5.48 Å². The van der Waals surface area contributed by atoms with Crippen LogP contribution in [0.25, 0.3) is 0 Å². The first kappa shape index (κ1) is 50.4. The Morgan fingerprint density at radius 1 is 1.00 bits per heavy atom. The van der Waals surface area contributed by atoms with E-state index in [-0.39, 0.29) is 85.5 Å². The van der Waals surface area contributed by atoms with Gasteiger partial charge in [0.1, 0.15) is 0 Å². The third kappa shape index (κ3) is 21.0. The summed E-state index contributed by atoms with van der Waals surface area (Å²) in [7, 11) is 0. The Morgan fingerprint density at radius 2 is 1.00 bits per heavy atom. The van der Waals surface area contributed by atoms with Crippen LogP contribution >= 0.6 is 0 Å². The molecule has 0 aliphatic carbocycles. The van der Waals surface area contributed by atoms with Crippen molar-refractivity contribution in [2.45, 2.75) is 0 Å². The molecule has 0 fully saturated rings. The van der Waals surface area contributed by atoms with E-state index < -0.39 is 0 Å². The predicted octanol–water partition coefficient (Wildman–Crippen LogP) is -2.02.